The van der Waals surface area contributed by atoms with Crippen molar-refractivity contribution in [2.24, 2.45) is 0 Å². The summed E-state index contributed by atoms with van der Waals surface area (Å²) in [5.74, 6) is 0.515. The molecule has 0 radical (unpaired) electrons. The van der Waals surface area contributed by atoms with Crippen LogP contribution in [0.15, 0.2) is 53.5 Å². The first-order valence-electron chi connectivity index (χ1n) is 9.18. The molecule has 3 N–H and O–H groups in total. The maximum Gasteiger partial charge on any atom is 0.365 e. The topological polar surface area (TPSA) is 112 Å². The third-order valence-electron chi connectivity index (χ3n) is 4.71. The van der Waals surface area contributed by atoms with Crippen molar-refractivity contribution in [3.05, 3.63) is 80.9 Å². The molecule has 0 atom stereocenters. The zero-order valence-corrected chi connectivity index (χ0v) is 17.1. The van der Waals surface area contributed by atoms with Gasteiger partial charge in [-0.05, 0) is 65.7 Å². The van der Waals surface area contributed by atoms with Gasteiger partial charge in [-0.2, -0.15) is 4.68 Å². The Kier molecular flexibility index (Phi) is 5.24. The van der Waals surface area contributed by atoms with Gasteiger partial charge >= 0.3 is 5.69 Å². The molecule has 0 unspecified atom stereocenters. The van der Waals surface area contributed by atoms with E-state index in [1.165, 1.54) is 0 Å². The van der Waals surface area contributed by atoms with E-state index in [4.69, 9.17) is 22.1 Å². The highest BCUT2D eigenvalue weighted by atomic mass is 35.5. The van der Waals surface area contributed by atoms with E-state index in [0.717, 1.165) is 27.1 Å². The van der Waals surface area contributed by atoms with E-state index in [0.29, 0.717) is 27.7 Å². The highest BCUT2D eigenvalue weighted by molar-refractivity contribution is 6.31. The highest BCUT2D eigenvalue weighted by Crippen LogP contribution is 2.33. The normalized spacial score (nSPS) is 10.9. The van der Waals surface area contributed by atoms with Crippen LogP contribution >= 0.6 is 11.6 Å². The third-order valence-corrected chi connectivity index (χ3v) is 5.06. The largest absolute Gasteiger partial charge is 0.487 e. The van der Waals surface area contributed by atoms with Crippen LogP contribution in [0.4, 0.5) is 5.69 Å². The molecule has 152 valence electrons. The van der Waals surface area contributed by atoms with E-state index in [2.05, 4.69) is 20.5 Å². The van der Waals surface area contributed by atoms with Gasteiger partial charge < -0.3 is 10.5 Å². The average molecular weight is 423 g/mol. The van der Waals surface area contributed by atoms with Crippen molar-refractivity contribution in [2.75, 3.05) is 5.73 Å². The second-order valence-corrected chi connectivity index (χ2v) is 7.28. The van der Waals surface area contributed by atoms with Crippen LogP contribution in [0.1, 0.15) is 16.7 Å². The van der Waals surface area contributed by atoms with Crippen molar-refractivity contribution in [3.8, 4) is 22.7 Å². The number of aromatic amines is 1. The number of aryl methyl sites for hydroxylation is 2. The summed E-state index contributed by atoms with van der Waals surface area (Å²) >= 11 is 6.36. The van der Waals surface area contributed by atoms with Crippen LogP contribution in [-0.4, -0.2) is 25.2 Å². The fraction of sp³-hybridized carbons (Fsp3) is 0.143. The van der Waals surface area contributed by atoms with Crippen LogP contribution in [0.5, 0.6) is 5.75 Å². The summed E-state index contributed by atoms with van der Waals surface area (Å²) in [5, 5.41) is 10.0. The first-order valence-corrected chi connectivity index (χ1v) is 9.56. The second kappa shape index (κ2) is 8.00. The predicted octanol–water partition coefficient (Wildman–Crippen LogP) is 3.45. The molecule has 9 heteroatoms. The SMILES string of the molecule is Cc1ccc(-c2cc(N)c(OCc3c(Cl)cccc3-n3nn[nH]c3=O)cc2C)nc1. The minimum Gasteiger partial charge on any atom is -0.487 e. The van der Waals surface area contributed by atoms with Crippen molar-refractivity contribution in [1.29, 1.82) is 0 Å². The predicted molar refractivity (Wildman–Crippen MR) is 115 cm³/mol. The lowest BCUT2D eigenvalue weighted by molar-refractivity contribution is 0.307. The fourth-order valence-electron chi connectivity index (χ4n) is 3.12. The number of hydrogen-bond acceptors (Lipinski definition) is 6. The van der Waals surface area contributed by atoms with Crippen molar-refractivity contribution in [1.82, 2.24) is 25.2 Å². The molecule has 2 aromatic heterocycles. The number of nitrogens with zero attached hydrogens (tertiary/aromatic N) is 4. The van der Waals surface area contributed by atoms with Gasteiger partial charge in [0.1, 0.15) is 12.4 Å². The molecule has 0 saturated heterocycles. The van der Waals surface area contributed by atoms with Gasteiger partial charge in [0, 0.05) is 22.3 Å². The van der Waals surface area contributed by atoms with Crippen LogP contribution in [0, 0.1) is 13.8 Å². The first-order chi connectivity index (χ1) is 14.4. The van der Waals surface area contributed by atoms with Gasteiger partial charge in [-0.25, -0.2) is 9.89 Å². The Balaban J connectivity index is 1.64. The Bertz CT molecular complexity index is 1260. The Hall–Kier alpha value is -3.65. The van der Waals surface area contributed by atoms with Crippen molar-refractivity contribution in [2.45, 2.75) is 20.5 Å². The molecule has 0 saturated carbocycles. The van der Waals surface area contributed by atoms with Gasteiger partial charge in [-0.15, -0.1) is 0 Å². The fourth-order valence-corrected chi connectivity index (χ4v) is 3.34. The number of halogens is 1. The van der Waals surface area contributed by atoms with Crippen molar-refractivity contribution < 1.29 is 4.74 Å². The van der Waals surface area contributed by atoms with E-state index in [1.54, 1.807) is 18.2 Å². The van der Waals surface area contributed by atoms with Crippen LogP contribution in [0.3, 0.4) is 0 Å². The van der Waals surface area contributed by atoms with Gasteiger partial charge in [0.15, 0.2) is 0 Å². The number of anilines is 1. The first kappa shape index (κ1) is 19.7. The van der Waals surface area contributed by atoms with Gasteiger partial charge in [0.2, 0.25) is 0 Å². The van der Waals surface area contributed by atoms with E-state index in [-0.39, 0.29) is 6.61 Å². The summed E-state index contributed by atoms with van der Waals surface area (Å²) in [6.07, 6.45) is 1.82. The lowest BCUT2D eigenvalue weighted by atomic mass is 10.0. The number of ether oxygens (including phenoxy) is 1. The number of hydrogen-bond donors (Lipinski definition) is 2. The molecule has 2 heterocycles. The zero-order valence-electron chi connectivity index (χ0n) is 16.4. The molecule has 0 fully saturated rings. The third kappa shape index (κ3) is 3.77. The number of nitrogens with one attached hydrogen (secondary N) is 1. The number of aromatic nitrogens is 5. The van der Waals surface area contributed by atoms with Gasteiger partial charge in [-0.3, -0.25) is 4.98 Å². The summed E-state index contributed by atoms with van der Waals surface area (Å²) in [7, 11) is 0. The van der Waals surface area contributed by atoms with E-state index in [1.807, 2.05) is 44.3 Å². The maximum atomic E-state index is 11.9. The molecule has 30 heavy (non-hydrogen) atoms. The van der Waals surface area contributed by atoms with Crippen LogP contribution in [0.2, 0.25) is 5.02 Å². The smallest absolute Gasteiger partial charge is 0.365 e. The Labute approximate surface area is 177 Å². The number of nitrogen functional groups attached to an aromatic ring is 1. The van der Waals surface area contributed by atoms with Crippen molar-refractivity contribution in [3.63, 3.8) is 0 Å². The number of pyridine rings is 1. The molecule has 0 aliphatic heterocycles. The van der Waals surface area contributed by atoms with Crippen LogP contribution in [0.25, 0.3) is 16.9 Å². The molecule has 0 spiro atoms. The van der Waals surface area contributed by atoms with E-state index >= 15 is 0 Å². The minimum absolute atomic E-state index is 0.0973. The van der Waals surface area contributed by atoms with Gasteiger partial charge in [0.05, 0.1) is 17.1 Å². The second-order valence-electron chi connectivity index (χ2n) is 6.87. The summed E-state index contributed by atoms with van der Waals surface area (Å²) < 4.78 is 7.10. The molecule has 0 aliphatic carbocycles. The lowest BCUT2D eigenvalue weighted by Gasteiger charge is -2.15. The lowest BCUT2D eigenvalue weighted by Crippen LogP contribution is -2.18. The number of rotatable bonds is 5. The molecular formula is C21H19ClN6O2. The highest BCUT2D eigenvalue weighted by Gasteiger charge is 2.15. The summed E-state index contributed by atoms with van der Waals surface area (Å²) in [5.41, 5.74) is 11.2. The quantitative estimate of drug-likeness (QED) is 0.476. The van der Waals surface area contributed by atoms with Crippen LogP contribution in [-0.2, 0) is 6.61 Å². The van der Waals surface area contributed by atoms with E-state index < -0.39 is 5.69 Å². The number of H-pyrrole nitrogens is 1. The molecule has 2 aromatic carbocycles. The molecule has 0 aliphatic rings. The molecule has 0 bridgehead atoms. The molecule has 4 rings (SSSR count). The van der Waals surface area contributed by atoms with Gasteiger partial charge in [0.25, 0.3) is 0 Å². The summed E-state index contributed by atoms with van der Waals surface area (Å²) in [4.78, 5) is 16.4. The number of benzene rings is 2. The maximum absolute atomic E-state index is 11.9. The Morgan fingerprint density at radius 2 is 2.03 bits per heavy atom. The van der Waals surface area contributed by atoms with Gasteiger partial charge in [-0.1, -0.05) is 23.7 Å². The molecule has 4 aromatic rings. The van der Waals surface area contributed by atoms with Crippen molar-refractivity contribution >= 4 is 17.3 Å². The zero-order chi connectivity index (χ0) is 21.3. The monoisotopic (exact) mass is 422 g/mol. The number of tetrazole rings is 1. The molecule has 0 amide bonds. The average Bonchev–Trinajstić information content (AvgIpc) is 3.15. The minimum atomic E-state index is -0.469. The van der Waals surface area contributed by atoms with Crippen LogP contribution < -0.4 is 16.2 Å². The van der Waals surface area contributed by atoms with E-state index in [9.17, 15) is 4.79 Å². The standard InChI is InChI=1S/C21H19ClN6O2/c1-12-6-7-18(24-10-12)14-9-17(23)20(8-13(14)2)30-11-15-16(22)4-3-5-19(15)28-21(29)25-26-27-28/h3-10H,11,23H2,1-2H3,(H,25,27,29). The Morgan fingerprint density at radius 1 is 1.20 bits per heavy atom. The molecular weight excluding hydrogens is 404 g/mol. The summed E-state index contributed by atoms with van der Waals surface area (Å²) in [6, 6.07) is 12.8. The summed E-state index contributed by atoms with van der Waals surface area (Å²) in [6.45, 7) is 4.06. The molecule has 8 nitrogen and oxygen atoms in total. The Morgan fingerprint density at radius 3 is 2.73 bits per heavy atom. The number of nitrogens with two attached hydrogens (primary N) is 1.